The molecule has 2 heterocycles. The molecule has 27 heavy (non-hydrogen) atoms. The molecule has 0 unspecified atom stereocenters. The topological polar surface area (TPSA) is 69.4 Å². The third-order valence-electron chi connectivity index (χ3n) is 5.04. The molecule has 2 aromatic carbocycles. The lowest BCUT2D eigenvalue weighted by molar-refractivity contribution is 0.0699. The van der Waals surface area contributed by atoms with E-state index in [1.165, 1.54) is 0 Å². The first-order valence-corrected chi connectivity index (χ1v) is 9.47. The van der Waals surface area contributed by atoms with Crippen LogP contribution in [0.2, 0.25) is 0 Å². The lowest BCUT2D eigenvalue weighted by Gasteiger charge is -2.23. The highest BCUT2D eigenvalue weighted by molar-refractivity contribution is 5.99. The number of nitrogens with zero attached hydrogens (tertiary/aromatic N) is 1. The highest BCUT2D eigenvalue weighted by atomic mass is 16.5. The zero-order valence-corrected chi connectivity index (χ0v) is 15.4. The maximum Gasteiger partial charge on any atom is 0.146 e. The van der Waals surface area contributed by atoms with E-state index in [-0.39, 0.29) is 0 Å². The van der Waals surface area contributed by atoms with E-state index in [0.29, 0.717) is 18.2 Å². The Kier molecular flexibility index (Phi) is 5.39. The number of anilines is 2. The fourth-order valence-electron chi connectivity index (χ4n) is 3.46. The molecule has 1 aliphatic heterocycles. The van der Waals surface area contributed by atoms with Gasteiger partial charge in [0.25, 0.3) is 0 Å². The molecule has 0 aliphatic carbocycles. The number of hydrogen-bond donors (Lipinski definition) is 2. The van der Waals surface area contributed by atoms with Crippen molar-refractivity contribution >= 4 is 22.3 Å². The van der Waals surface area contributed by atoms with E-state index in [1.807, 2.05) is 36.4 Å². The van der Waals surface area contributed by atoms with Crippen LogP contribution in [0.5, 0.6) is 5.75 Å². The molecule has 0 saturated carbocycles. The van der Waals surface area contributed by atoms with E-state index in [9.17, 15) is 0 Å². The summed E-state index contributed by atoms with van der Waals surface area (Å²) >= 11 is 0. The van der Waals surface area contributed by atoms with Gasteiger partial charge in [-0.15, -0.1) is 0 Å². The van der Waals surface area contributed by atoms with Gasteiger partial charge in [0.1, 0.15) is 17.9 Å². The number of aromatic nitrogens is 1. The van der Waals surface area contributed by atoms with Gasteiger partial charge in [0.2, 0.25) is 0 Å². The quantitative estimate of drug-likeness (QED) is 0.686. The number of ether oxygens (including phenoxy) is 2. The van der Waals surface area contributed by atoms with Crippen LogP contribution in [-0.4, -0.2) is 24.7 Å². The van der Waals surface area contributed by atoms with Crippen molar-refractivity contribution in [2.24, 2.45) is 5.92 Å². The molecule has 5 heteroatoms. The molecule has 4 rings (SSSR count). The summed E-state index contributed by atoms with van der Waals surface area (Å²) in [5.41, 5.74) is 9.79. The number of nitrogens with two attached hydrogens (primary N) is 1. The zero-order chi connectivity index (χ0) is 18.5. The zero-order valence-electron chi connectivity index (χ0n) is 15.4. The molecule has 1 fully saturated rings. The van der Waals surface area contributed by atoms with Gasteiger partial charge in [0.05, 0.1) is 17.6 Å². The summed E-state index contributed by atoms with van der Waals surface area (Å²) in [6.07, 6.45) is 3.88. The normalized spacial score (nSPS) is 15.0. The lowest BCUT2D eigenvalue weighted by Crippen LogP contribution is -2.23. The molecule has 0 radical (unpaired) electrons. The summed E-state index contributed by atoms with van der Waals surface area (Å²) in [6.45, 7) is 3.09. The molecule has 5 nitrogen and oxygen atoms in total. The highest BCUT2D eigenvalue weighted by Gasteiger charge is 2.16. The van der Waals surface area contributed by atoms with Crippen LogP contribution in [-0.2, 0) is 11.3 Å². The standard InChI is InChI=1S/C22H25N3O2/c23-19-14-25-22-18(21(19)24-13-16-9-11-26-12-10-16)7-4-8-20(22)27-15-17-5-2-1-3-6-17/h1-8,14,16H,9-13,15,23H2,(H,24,25). The Morgan fingerprint density at radius 1 is 1.07 bits per heavy atom. The Hall–Kier alpha value is -2.79. The highest BCUT2D eigenvalue weighted by Crippen LogP contribution is 2.33. The van der Waals surface area contributed by atoms with Gasteiger partial charge in [0.15, 0.2) is 0 Å². The van der Waals surface area contributed by atoms with Gasteiger partial charge in [-0.3, -0.25) is 4.98 Å². The van der Waals surface area contributed by atoms with E-state index in [2.05, 4.69) is 22.4 Å². The van der Waals surface area contributed by atoms with Gasteiger partial charge in [-0.05, 0) is 30.4 Å². The summed E-state index contributed by atoms with van der Waals surface area (Å²) < 4.78 is 11.5. The fraction of sp³-hybridized carbons (Fsp3) is 0.318. The van der Waals surface area contributed by atoms with E-state index in [0.717, 1.165) is 60.5 Å². The second-order valence-corrected chi connectivity index (χ2v) is 6.95. The van der Waals surface area contributed by atoms with Crippen LogP contribution in [0, 0.1) is 5.92 Å². The molecule has 1 aliphatic rings. The SMILES string of the molecule is Nc1cnc2c(OCc3ccccc3)cccc2c1NCC1CCOCC1. The molecule has 140 valence electrons. The lowest BCUT2D eigenvalue weighted by atomic mass is 10.00. The van der Waals surface area contributed by atoms with Crippen molar-refractivity contribution in [1.29, 1.82) is 0 Å². The van der Waals surface area contributed by atoms with Crippen LogP contribution in [0.15, 0.2) is 54.7 Å². The van der Waals surface area contributed by atoms with Crippen molar-refractivity contribution in [3.05, 3.63) is 60.3 Å². The van der Waals surface area contributed by atoms with Gasteiger partial charge in [-0.25, -0.2) is 0 Å². The third kappa shape index (κ3) is 4.14. The number of para-hydroxylation sites is 1. The third-order valence-corrected chi connectivity index (χ3v) is 5.04. The molecule has 0 atom stereocenters. The van der Waals surface area contributed by atoms with Crippen molar-refractivity contribution in [1.82, 2.24) is 4.98 Å². The van der Waals surface area contributed by atoms with Crippen LogP contribution in [0.4, 0.5) is 11.4 Å². The number of rotatable bonds is 6. The Labute approximate surface area is 159 Å². The molecule has 0 bridgehead atoms. The summed E-state index contributed by atoms with van der Waals surface area (Å²) in [6, 6.07) is 16.1. The molecule has 0 amide bonds. The molecular formula is C22H25N3O2. The number of hydrogen-bond acceptors (Lipinski definition) is 5. The van der Waals surface area contributed by atoms with E-state index in [1.54, 1.807) is 6.20 Å². The number of nitrogens with one attached hydrogen (secondary N) is 1. The van der Waals surface area contributed by atoms with Gasteiger partial charge in [-0.1, -0.05) is 42.5 Å². The summed E-state index contributed by atoms with van der Waals surface area (Å²) in [7, 11) is 0. The van der Waals surface area contributed by atoms with Crippen molar-refractivity contribution < 1.29 is 9.47 Å². The van der Waals surface area contributed by atoms with E-state index < -0.39 is 0 Å². The Morgan fingerprint density at radius 3 is 2.70 bits per heavy atom. The van der Waals surface area contributed by atoms with Crippen LogP contribution in [0.25, 0.3) is 10.9 Å². The van der Waals surface area contributed by atoms with E-state index >= 15 is 0 Å². The average Bonchev–Trinajstić information content (AvgIpc) is 2.73. The summed E-state index contributed by atoms with van der Waals surface area (Å²) in [4.78, 5) is 4.54. The predicted molar refractivity (Wildman–Crippen MR) is 109 cm³/mol. The number of nitrogen functional groups attached to an aromatic ring is 1. The fourth-order valence-corrected chi connectivity index (χ4v) is 3.46. The van der Waals surface area contributed by atoms with Crippen LogP contribution < -0.4 is 15.8 Å². The number of benzene rings is 2. The minimum atomic E-state index is 0.511. The summed E-state index contributed by atoms with van der Waals surface area (Å²) in [5, 5.41) is 4.54. The molecule has 1 saturated heterocycles. The van der Waals surface area contributed by atoms with Crippen molar-refractivity contribution in [2.75, 3.05) is 30.8 Å². The maximum absolute atomic E-state index is 6.23. The number of fused-ring (bicyclic) bond motifs is 1. The Balaban J connectivity index is 1.55. The maximum atomic E-state index is 6.23. The average molecular weight is 363 g/mol. The van der Waals surface area contributed by atoms with Gasteiger partial charge < -0.3 is 20.5 Å². The van der Waals surface area contributed by atoms with Crippen LogP contribution in [0.3, 0.4) is 0 Å². The first-order valence-electron chi connectivity index (χ1n) is 9.47. The monoisotopic (exact) mass is 363 g/mol. The second-order valence-electron chi connectivity index (χ2n) is 6.95. The molecule has 3 aromatic rings. The Morgan fingerprint density at radius 2 is 1.89 bits per heavy atom. The largest absolute Gasteiger partial charge is 0.487 e. The van der Waals surface area contributed by atoms with Crippen molar-refractivity contribution in [3.8, 4) is 5.75 Å². The molecule has 3 N–H and O–H groups in total. The molecular weight excluding hydrogens is 338 g/mol. The minimum Gasteiger partial charge on any atom is -0.487 e. The first-order chi connectivity index (χ1) is 13.3. The minimum absolute atomic E-state index is 0.511. The van der Waals surface area contributed by atoms with Crippen LogP contribution in [0.1, 0.15) is 18.4 Å². The van der Waals surface area contributed by atoms with Gasteiger partial charge in [-0.2, -0.15) is 0 Å². The predicted octanol–water partition coefficient (Wildman–Crippen LogP) is 4.23. The van der Waals surface area contributed by atoms with Gasteiger partial charge >= 0.3 is 0 Å². The second kappa shape index (κ2) is 8.27. The Bertz CT molecular complexity index is 893. The van der Waals surface area contributed by atoms with Crippen molar-refractivity contribution in [2.45, 2.75) is 19.4 Å². The number of pyridine rings is 1. The molecule has 0 spiro atoms. The van der Waals surface area contributed by atoms with Gasteiger partial charge in [0, 0.05) is 25.1 Å². The van der Waals surface area contributed by atoms with Crippen LogP contribution >= 0.6 is 0 Å². The molecule has 1 aromatic heterocycles. The first kappa shape index (κ1) is 17.6. The smallest absolute Gasteiger partial charge is 0.146 e. The van der Waals surface area contributed by atoms with Crippen molar-refractivity contribution in [3.63, 3.8) is 0 Å². The summed E-state index contributed by atoms with van der Waals surface area (Å²) in [5.74, 6) is 1.38. The van der Waals surface area contributed by atoms with E-state index in [4.69, 9.17) is 15.2 Å².